The number of amides is 1. The van der Waals surface area contributed by atoms with Gasteiger partial charge in [0.25, 0.3) is 5.91 Å². The van der Waals surface area contributed by atoms with Gasteiger partial charge in [0.2, 0.25) is 0 Å². The van der Waals surface area contributed by atoms with Crippen molar-refractivity contribution in [1.29, 1.82) is 0 Å². The van der Waals surface area contributed by atoms with Gasteiger partial charge in [0.05, 0.1) is 6.20 Å². The molecule has 4 rings (SSSR count). The summed E-state index contributed by atoms with van der Waals surface area (Å²) in [5, 5.41) is 3.29. The third-order valence-corrected chi connectivity index (χ3v) is 5.59. The van der Waals surface area contributed by atoms with Crippen LogP contribution in [0.3, 0.4) is 0 Å². The number of carbonyl (C=O) groups excluding carboxylic acids is 1. The summed E-state index contributed by atoms with van der Waals surface area (Å²) >= 11 is 0. The van der Waals surface area contributed by atoms with Crippen LogP contribution in [0, 0.1) is 24.2 Å². The predicted octanol–water partition coefficient (Wildman–Crippen LogP) is 3.05. The molecule has 2 aliphatic carbocycles. The zero-order valence-electron chi connectivity index (χ0n) is 15.0. The first-order valence-corrected chi connectivity index (χ1v) is 9.14. The van der Waals surface area contributed by atoms with E-state index in [4.69, 9.17) is 0 Å². The first kappa shape index (κ1) is 16.7. The van der Waals surface area contributed by atoms with Crippen molar-refractivity contribution in [1.82, 2.24) is 20.3 Å². The normalized spacial score (nSPS) is 26.7. The minimum absolute atomic E-state index is 0.0247. The molecule has 2 aromatic heterocycles. The van der Waals surface area contributed by atoms with E-state index in [0.29, 0.717) is 11.4 Å². The number of hydrogen-bond acceptors (Lipinski definition) is 4. The summed E-state index contributed by atoms with van der Waals surface area (Å²) in [4.78, 5) is 25.4. The molecule has 132 valence electrons. The maximum absolute atomic E-state index is 12.7. The van der Waals surface area contributed by atoms with Crippen LogP contribution in [0.4, 0.5) is 0 Å². The minimum Gasteiger partial charge on any atom is -0.345 e. The number of nitrogens with one attached hydrogen (secondary N) is 1. The molecular formula is C21H22N4O. The van der Waals surface area contributed by atoms with Crippen LogP contribution in [0.25, 0.3) is 0 Å². The predicted molar refractivity (Wildman–Crippen MR) is 98.2 cm³/mol. The number of carbonyl (C=O) groups is 1. The Morgan fingerprint density at radius 2 is 2.12 bits per heavy atom. The van der Waals surface area contributed by atoms with Crippen molar-refractivity contribution in [3.05, 3.63) is 53.9 Å². The summed E-state index contributed by atoms with van der Waals surface area (Å²) in [7, 11) is 0. The van der Waals surface area contributed by atoms with E-state index in [9.17, 15) is 4.79 Å². The Balaban J connectivity index is 1.52. The lowest BCUT2D eigenvalue weighted by Gasteiger charge is -2.37. The molecule has 0 saturated heterocycles. The van der Waals surface area contributed by atoms with Gasteiger partial charge in [-0.1, -0.05) is 12.0 Å². The van der Waals surface area contributed by atoms with E-state index in [1.807, 2.05) is 19.1 Å². The van der Waals surface area contributed by atoms with Gasteiger partial charge in [0, 0.05) is 29.0 Å². The Hall–Kier alpha value is -2.74. The molecule has 1 amide bonds. The number of nitrogens with zero attached hydrogens (tertiary/aromatic N) is 3. The zero-order valence-corrected chi connectivity index (χ0v) is 15.0. The van der Waals surface area contributed by atoms with E-state index in [1.165, 1.54) is 0 Å². The smallest absolute Gasteiger partial charge is 0.270 e. The van der Waals surface area contributed by atoms with Crippen LogP contribution in [-0.2, 0) is 0 Å². The lowest BCUT2D eigenvalue weighted by Crippen LogP contribution is -2.49. The average molecular weight is 346 g/mol. The van der Waals surface area contributed by atoms with Gasteiger partial charge in [-0.3, -0.25) is 9.78 Å². The second kappa shape index (κ2) is 6.53. The lowest BCUT2D eigenvalue weighted by atomic mass is 9.73. The number of fused-ring (bicyclic) bond motifs is 2. The summed E-state index contributed by atoms with van der Waals surface area (Å²) in [5.41, 5.74) is 1.88. The third kappa shape index (κ3) is 3.32. The molecule has 2 aliphatic rings. The minimum atomic E-state index is -0.155. The Kier molecular flexibility index (Phi) is 4.20. The second-order valence-electron chi connectivity index (χ2n) is 7.55. The largest absolute Gasteiger partial charge is 0.345 e. The molecular weight excluding hydrogens is 324 g/mol. The highest BCUT2D eigenvalue weighted by molar-refractivity contribution is 5.92. The SMILES string of the molecule is Cc1cccc(C(=O)N[C@@]23CCC[C@@](C#Cc4cnccn4)(CC2)C3)n1. The fourth-order valence-corrected chi connectivity index (χ4v) is 4.37. The van der Waals surface area contributed by atoms with Crippen molar-refractivity contribution >= 4 is 5.91 Å². The van der Waals surface area contributed by atoms with Crippen LogP contribution in [0.5, 0.6) is 0 Å². The first-order chi connectivity index (χ1) is 12.6. The Morgan fingerprint density at radius 3 is 2.92 bits per heavy atom. The maximum atomic E-state index is 12.7. The third-order valence-electron chi connectivity index (χ3n) is 5.59. The van der Waals surface area contributed by atoms with E-state index in [0.717, 1.165) is 44.2 Å². The number of aromatic nitrogens is 3. The zero-order chi connectivity index (χ0) is 18.0. The molecule has 0 radical (unpaired) electrons. The standard InChI is InChI=1S/C21H22N4O/c1-16-4-2-5-18(24-16)19(26)25-21-8-3-7-20(15-21,10-11-21)9-6-17-14-22-12-13-23-17/h2,4-5,12-14H,3,7-8,10-11,15H2,1H3,(H,25,26)/t20-,21+/m1/s1. The Morgan fingerprint density at radius 1 is 1.19 bits per heavy atom. The van der Waals surface area contributed by atoms with E-state index in [2.05, 4.69) is 32.1 Å². The highest BCUT2D eigenvalue weighted by atomic mass is 16.2. The topological polar surface area (TPSA) is 67.8 Å². The van der Waals surface area contributed by atoms with Crippen LogP contribution in [0.2, 0.25) is 0 Å². The maximum Gasteiger partial charge on any atom is 0.270 e. The van der Waals surface area contributed by atoms with Gasteiger partial charge < -0.3 is 5.32 Å². The fraction of sp³-hybridized carbons (Fsp3) is 0.429. The molecule has 0 spiro atoms. The molecule has 1 N–H and O–H groups in total. The molecule has 0 aromatic carbocycles. The highest BCUT2D eigenvalue weighted by Crippen LogP contribution is 2.53. The molecule has 26 heavy (non-hydrogen) atoms. The molecule has 0 unspecified atom stereocenters. The average Bonchev–Trinajstić information content (AvgIpc) is 2.91. The van der Waals surface area contributed by atoms with Gasteiger partial charge in [-0.2, -0.15) is 0 Å². The summed E-state index contributed by atoms with van der Waals surface area (Å²) in [6.45, 7) is 1.90. The van der Waals surface area contributed by atoms with Crippen LogP contribution in [0.15, 0.2) is 36.8 Å². The molecule has 5 nitrogen and oxygen atoms in total. The fourth-order valence-electron chi connectivity index (χ4n) is 4.37. The molecule has 2 atom stereocenters. The molecule has 2 aromatic rings. The van der Waals surface area contributed by atoms with Crippen molar-refractivity contribution < 1.29 is 4.79 Å². The van der Waals surface area contributed by atoms with Crippen LogP contribution in [0.1, 0.15) is 60.4 Å². The van der Waals surface area contributed by atoms with E-state index in [-0.39, 0.29) is 16.9 Å². The molecule has 2 saturated carbocycles. The molecule has 5 heteroatoms. The molecule has 2 fully saturated rings. The summed E-state index contributed by atoms with van der Waals surface area (Å²) < 4.78 is 0. The lowest BCUT2D eigenvalue weighted by molar-refractivity contribution is 0.0866. The summed E-state index contributed by atoms with van der Waals surface area (Å²) in [6, 6.07) is 5.55. The molecule has 0 aliphatic heterocycles. The van der Waals surface area contributed by atoms with Crippen molar-refractivity contribution in [3.63, 3.8) is 0 Å². The number of rotatable bonds is 2. The van der Waals surface area contributed by atoms with Gasteiger partial charge in [-0.15, -0.1) is 0 Å². The van der Waals surface area contributed by atoms with Crippen LogP contribution < -0.4 is 5.32 Å². The van der Waals surface area contributed by atoms with Crippen LogP contribution in [-0.4, -0.2) is 26.4 Å². The number of pyridine rings is 1. The van der Waals surface area contributed by atoms with Gasteiger partial charge in [-0.05, 0) is 63.5 Å². The van der Waals surface area contributed by atoms with Gasteiger partial charge >= 0.3 is 0 Å². The van der Waals surface area contributed by atoms with Crippen molar-refractivity contribution in [2.45, 2.75) is 51.0 Å². The van der Waals surface area contributed by atoms with E-state index >= 15 is 0 Å². The van der Waals surface area contributed by atoms with E-state index in [1.54, 1.807) is 24.7 Å². The summed E-state index contributed by atoms with van der Waals surface area (Å²) in [6.07, 6.45) is 11.1. The van der Waals surface area contributed by atoms with E-state index < -0.39 is 0 Å². The number of aryl methyl sites for hydroxylation is 1. The van der Waals surface area contributed by atoms with Gasteiger partial charge in [-0.25, -0.2) is 9.97 Å². The van der Waals surface area contributed by atoms with Gasteiger partial charge in [0.1, 0.15) is 11.4 Å². The molecule has 2 bridgehead atoms. The van der Waals surface area contributed by atoms with Crippen molar-refractivity contribution in [2.75, 3.05) is 0 Å². The highest BCUT2D eigenvalue weighted by Gasteiger charge is 2.51. The Labute approximate surface area is 153 Å². The Bertz CT molecular complexity index is 886. The van der Waals surface area contributed by atoms with Crippen molar-refractivity contribution in [2.24, 2.45) is 5.41 Å². The van der Waals surface area contributed by atoms with Crippen LogP contribution >= 0.6 is 0 Å². The number of hydrogen-bond donors (Lipinski definition) is 1. The first-order valence-electron chi connectivity index (χ1n) is 9.14. The quantitative estimate of drug-likeness (QED) is 0.849. The monoisotopic (exact) mass is 346 g/mol. The van der Waals surface area contributed by atoms with Crippen molar-refractivity contribution in [3.8, 4) is 11.8 Å². The molecule has 2 heterocycles. The summed E-state index contributed by atoms with van der Waals surface area (Å²) in [5.74, 6) is 6.59. The van der Waals surface area contributed by atoms with Gasteiger partial charge in [0.15, 0.2) is 0 Å². The second-order valence-corrected chi connectivity index (χ2v) is 7.55.